The summed E-state index contributed by atoms with van der Waals surface area (Å²) in [6, 6.07) is 8.04. The Balaban J connectivity index is 0.00000200. The van der Waals surface area contributed by atoms with Crippen LogP contribution in [0, 0.1) is 3.57 Å². The smallest absolute Gasteiger partial charge is 0.226 e. The second kappa shape index (κ2) is 6.72. The highest BCUT2D eigenvalue weighted by Gasteiger charge is 2.33. The molecule has 1 aromatic rings. The molecule has 0 radical (unpaired) electrons. The van der Waals surface area contributed by atoms with E-state index >= 15 is 0 Å². The van der Waals surface area contributed by atoms with Gasteiger partial charge in [0.25, 0.3) is 0 Å². The number of benzene rings is 1. The van der Waals surface area contributed by atoms with Gasteiger partial charge in [0.15, 0.2) is 5.66 Å². The van der Waals surface area contributed by atoms with Crippen LogP contribution in [0.25, 0.3) is 0 Å². The van der Waals surface area contributed by atoms with Gasteiger partial charge >= 0.3 is 0 Å². The minimum atomic E-state index is -0.669. The standard InChI is InChI=1S/C12H16IN5O.BrH/c1-12(2)17-10(14)16-11(15)18(12)19-7-8-4-3-5-9(13)6-8;/h3-6H,7H2,1-2H3,(H4,14,15,16,17);1H. The lowest BCUT2D eigenvalue weighted by atomic mass is 10.2. The number of nitrogens with two attached hydrogens (primary N) is 2. The van der Waals surface area contributed by atoms with Crippen molar-refractivity contribution in [1.82, 2.24) is 5.06 Å². The normalized spacial score (nSPS) is 17.1. The van der Waals surface area contributed by atoms with Gasteiger partial charge in [-0.2, -0.15) is 10.1 Å². The van der Waals surface area contributed by atoms with Crippen molar-refractivity contribution >= 4 is 51.5 Å². The molecule has 0 bridgehead atoms. The number of nitrogens with zero attached hydrogens (tertiary/aromatic N) is 3. The zero-order valence-electron chi connectivity index (χ0n) is 11.2. The molecule has 1 aliphatic rings. The van der Waals surface area contributed by atoms with E-state index < -0.39 is 5.66 Å². The maximum Gasteiger partial charge on any atom is 0.226 e. The summed E-state index contributed by atoms with van der Waals surface area (Å²) in [5.74, 6) is 0.375. The van der Waals surface area contributed by atoms with Crippen LogP contribution in [0.5, 0.6) is 0 Å². The van der Waals surface area contributed by atoms with Gasteiger partial charge in [0.1, 0.15) is 6.61 Å². The van der Waals surface area contributed by atoms with Crippen LogP contribution in [0.1, 0.15) is 19.4 Å². The van der Waals surface area contributed by atoms with Gasteiger partial charge in [-0.1, -0.05) is 12.1 Å². The monoisotopic (exact) mass is 453 g/mol. The van der Waals surface area contributed by atoms with Crippen molar-refractivity contribution in [1.29, 1.82) is 0 Å². The van der Waals surface area contributed by atoms with E-state index in [1.165, 1.54) is 5.06 Å². The third-order valence-electron chi connectivity index (χ3n) is 2.57. The Morgan fingerprint density at radius 2 is 2.05 bits per heavy atom. The number of hydrogen-bond acceptors (Lipinski definition) is 6. The van der Waals surface area contributed by atoms with Crippen LogP contribution < -0.4 is 11.5 Å². The van der Waals surface area contributed by atoms with Crippen molar-refractivity contribution in [2.24, 2.45) is 21.5 Å². The Bertz CT molecular complexity index is 546. The van der Waals surface area contributed by atoms with E-state index in [9.17, 15) is 0 Å². The summed E-state index contributed by atoms with van der Waals surface area (Å²) >= 11 is 2.26. The van der Waals surface area contributed by atoms with Crippen molar-refractivity contribution in [3.05, 3.63) is 33.4 Å². The molecule has 0 aliphatic carbocycles. The summed E-state index contributed by atoms with van der Waals surface area (Å²) in [6.07, 6.45) is 0. The van der Waals surface area contributed by atoms with Gasteiger partial charge in [-0.05, 0) is 54.1 Å². The Morgan fingerprint density at radius 3 is 2.65 bits per heavy atom. The summed E-state index contributed by atoms with van der Waals surface area (Å²) in [5, 5.41) is 1.48. The Labute approximate surface area is 142 Å². The molecule has 0 saturated carbocycles. The van der Waals surface area contributed by atoms with Crippen molar-refractivity contribution in [3.8, 4) is 0 Å². The number of hydrogen-bond donors (Lipinski definition) is 2. The SMILES string of the molecule is Br.CC1(C)N=C(N)N=C(N)N1OCc1cccc(I)c1. The number of rotatable bonds is 3. The number of hydroxylamine groups is 2. The summed E-state index contributed by atoms with van der Waals surface area (Å²) in [5.41, 5.74) is 11.8. The molecule has 0 amide bonds. The van der Waals surface area contributed by atoms with Gasteiger partial charge in [0.05, 0.1) is 0 Å². The summed E-state index contributed by atoms with van der Waals surface area (Å²) in [7, 11) is 0. The van der Waals surface area contributed by atoms with Crippen LogP contribution in [0.3, 0.4) is 0 Å². The molecule has 6 nitrogen and oxygen atoms in total. The van der Waals surface area contributed by atoms with Crippen LogP contribution in [0.2, 0.25) is 0 Å². The molecule has 110 valence electrons. The second-order valence-corrected chi connectivity index (χ2v) is 5.88. The second-order valence-electron chi connectivity index (χ2n) is 4.63. The Morgan fingerprint density at radius 1 is 1.35 bits per heavy atom. The van der Waals surface area contributed by atoms with E-state index in [2.05, 4.69) is 32.6 Å². The van der Waals surface area contributed by atoms with Crippen LogP contribution in [0.15, 0.2) is 34.3 Å². The lowest BCUT2D eigenvalue weighted by Gasteiger charge is -2.36. The minimum Gasteiger partial charge on any atom is -0.368 e. The van der Waals surface area contributed by atoms with Crippen LogP contribution in [0.4, 0.5) is 0 Å². The third kappa shape index (κ3) is 4.06. The van der Waals surface area contributed by atoms with Gasteiger partial charge in [0, 0.05) is 3.57 Å². The fraction of sp³-hybridized carbons (Fsp3) is 0.333. The maximum absolute atomic E-state index is 5.83. The maximum atomic E-state index is 5.83. The van der Waals surface area contributed by atoms with Crippen LogP contribution in [-0.2, 0) is 11.4 Å². The summed E-state index contributed by atoms with van der Waals surface area (Å²) in [4.78, 5) is 13.8. The highest BCUT2D eigenvalue weighted by Crippen LogP contribution is 2.21. The molecule has 0 atom stereocenters. The molecule has 1 heterocycles. The molecule has 0 spiro atoms. The van der Waals surface area contributed by atoms with Crippen LogP contribution in [-0.4, -0.2) is 22.6 Å². The van der Waals surface area contributed by atoms with Crippen molar-refractivity contribution in [2.75, 3.05) is 0 Å². The molecule has 0 saturated heterocycles. The molecule has 8 heteroatoms. The highest BCUT2D eigenvalue weighted by atomic mass is 127. The number of halogens is 2. The lowest BCUT2D eigenvalue weighted by molar-refractivity contribution is -0.166. The zero-order valence-corrected chi connectivity index (χ0v) is 15.1. The molecule has 20 heavy (non-hydrogen) atoms. The molecular formula is C12H17BrIN5O. The van der Waals surface area contributed by atoms with E-state index in [-0.39, 0.29) is 28.9 Å². The first kappa shape index (κ1) is 17.2. The zero-order chi connectivity index (χ0) is 14.0. The predicted molar refractivity (Wildman–Crippen MR) is 93.4 cm³/mol. The molecule has 2 rings (SSSR count). The largest absolute Gasteiger partial charge is 0.368 e. The Hall–Kier alpha value is -0.870. The number of aliphatic imine (C=N–C) groups is 2. The Kier molecular flexibility index (Phi) is 5.78. The molecule has 0 aromatic heterocycles. The van der Waals surface area contributed by atoms with E-state index in [4.69, 9.17) is 16.3 Å². The number of guanidine groups is 2. The van der Waals surface area contributed by atoms with Crippen molar-refractivity contribution < 1.29 is 4.84 Å². The van der Waals surface area contributed by atoms with Gasteiger partial charge in [-0.3, -0.25) is 4.84 Å². The van der Waals surface area contributed by atoms with Gasteiger partial charge in [0.2, 0.25) is 11.9 Å². The average Bonchev–Trinajstić information content (AvgIpc) is 2.26. The van der Waals surface area contributed by atoms with E-state index in [0.717, 1.165) is 9.13 Å². The molecule has 4 N–H and O–H groups in total. The fourth-order valence-corrected chi connectivity index (χ4v) is 2.39. The van der Waals surface area contributed by atoms with Crippen LogP contribution >= 0.6 is 39.6 Å². The quantitative estimate of drug-likeness (QED) is 0.685. The van der Waals surface area contributed by atoms with Crippen molar-refractivity contribution in [2.45, 2.75) is 26.1 Å². The van der Waals surface area contributed by atoms with E-state index in [1.807, 2.05) is 38.1 Å². The fourth-order valence-electron chi connectivity index (χ4n) is 1.78. The summed E-state index contributed by atoms with van der Waals surface area (Å²) in [6.45, 7) is 4.11. The third-order valence-corrected chi connectivity index (χ3v) is 3.24. The first-order chi connectivity index (χ1) is 8.88. The molecular weight excluding hydrogens is 437 g/mol. The predicted octanol–water partition coefficient (Wildman–Crippen LogP) is 1.98. The van der Waals surface area contributed by atoms with E-state index in [0.29, 0.717) is 6.61 Å². The molecule has 1 aliphatic heterocycles. The molecule has 1 aromatic carbocycles. The average molecular weight is 454 g/mol. The first-order valence-corrected chi connectivity index (χ1v) is 6.83. The van der Waals surface area contributed by atoms with Gasteiger partial charge < -0.3 is 11.5 Å². The first-order valence-electron chi connectivity index (χ1n) is 5.75. The molecule has 0 unspecified atom stereocenters. The topological polar surface area (TPSA) is 89.2 Å². The summed E-state index contributed by atoms with van der Waals surface area (Å²) < 4.78 is 1.15. The molecule has 0 fully saturated rings. The van der Waals surface area contributed by atoms with Gasteiger partial charge in [-0.15, -0.1) is 17.0 Å². The van der Waals surface area contributed by atoms with Gasteiger partial charge in [-0.25, -0.2) is 4.99 Å². The van der Waals surface area contributed by atoms with E-state index in [1.54, 1.807) is 0 Å². The minimum absolute atomic E-state index is 0. The van der Waals surface area contributed by atoms with Crippen molar-refractivity contribution in [3.63, 3.8) is 0 Å². The highest BCUT2D eigenvalue weighted by molar-refractivity contribution is 14.1. The lowest BCUT2D eigenvalue weighted by Crippen LogP contribution is -2.53.